The average Bonchev–Trinajstić information content (AvgIpc) is 3.35. The zero-order chi connectivity index (χ0) is 28.3. The van der Waals surface area contributed by atoms with E-state index in [4.69, 9.17) is 9.47 Å². The molecule has 2 aromatic carbocycles. The summed E-state index contributed by atoms with van der Waals surface area (Å²) in [6, 6.07) is 14.3. The Hall–Kier alpha value is -3.90. The van der Waals surface area contributed by atoms with Gasteiger partial charge >= 0.3 is 0 Å². The van der Waals surface area contributed by atoms with Crippen molar-refractivity contribution in [2.75, 3.05) is 4.72 Å². The largest absolute Gasteiger partial charge is 0.484 e. The Labute approximate surface area is 231 Å². The number of benzene rings is 2. The highest BCUT2D eigenvalue weighted by Crippen LogP contribution is 2.45. The summed E-state index contributed by atoms with van der Waals surface area (Å²) in [5, 5.41) is 4.28. The zero-order valence-corrected chi connectivity index (χ0v) is 22.8. The van der Waals surface area contributed by atoms with Gasteiger partial charge in [0.15, 0.2) is 11.6 Å². The minimum atomic E-state index is -4.47. The Morgan fingerprint density at radius 3 is 2.58 bits per heavy atom. The maximum atomic E-state index is 15.4. The van der Waals surface area contributed by atoms with Crippen LogP contribution in [0.25, 0.3) is 0 Å². The smallest absolute Gasteiger partial charge is 0.266 e. The number of aryl methyl sites for hydroxylation is 1. The number of nitrogens with zero attached hydrogens (tertiary/aromatic N) is 4. The molecule has 9 nitrogen and oxygen atoms in total. The molecule has 0 unspecified atom stereocenters. The summed E-state index contributed by atoms with van der Waals surface area (Å²) >= 11 is 0. The summed E-state index contributed by atoms with van der Waals surface area (Å²) in [4.78, 5) is 6.61. The second kappa shape index (κ2) is 11.3. The molecule has 3 atom stereocenters. The number of anilines is 1. The molecule has 0 saturated heterocycles. The van der Waals surface area contributed by atoms with Gasteiger partial charge in [-0.3, -0.25) is 9.40 Å². The SMILES string of the molecule is Cn1nccc1[C@H]1CC[C@H](OCc2ccccc2)C[C@@]1(C)Oc1cc(F)c(S(=O)(=O)Nc2ccncn2)cc1F. The van der Waals surface area contributed by atoms with Crippen molar-refractivity contribution in [2.45, 2.75) is 55.3 Å². The molecule has 1 saturated carbocycles. The maximum Gasteiger partial charge on any atom is 0.266 e. The van der Waals surface area contributed by atoms with Crippen molar-refractivity contribution in [2.24, 2.45) is 7.05 Å². The maximum absolute atomic E-state index is 15.4. The molecule has 210 valence electrons. The van der Waals surface area contributed by atoms with Gasteiger partial charge in [-0.25, -0.2) is 27.2 Å². The third-order valence-electron chi connectivity index (χ3n) is 7.13. The average molecular weight is 570 g/mol. The molecule has 4 aromatic rings. The molecule has 0 spiro atoms. The van der Waals surface area contributed by atoms with Gasteiger partial charge in [0, 0.05) is 49.6 Å². The van der Waals surface area contributed by atoms with Crippen LogP contribution >= 0.6 is 0 Å². The molecule has 12 heteroatoms. The number of aromatic nitrogens is 4. The quantitative estimate of drug-likeness (QED) is 0.303. The minimum absolute atomic E-state index is 0.0783. The lowest BCUT2D eigenvalue weighted by Crippen LogP contribution is -2.47. The number of nitrogens with one attached hydrogen (secondary N) is 1. The molecule has 1 aliphatic rings. The van der Waals surface area contributed by atoms with Gasteiger partial charge in [-0.1, -0.05) is 30.3 Å². The molecule has 2 aromatic heterocycles. The molecule has 1 N–H and O–H groups in total. The first-order valence-electron chi connectivity index (χ1n) is 12.7. The Kier molecular flexibility index (Phi) is 7.81. The van der Waals surface area contributed by atoms with Crippen LogP contribution in [0, 0.1) is 11.6 Å². The highest BCUT2D eigenvalue weighted by Gasteiger charge is 2.45. The van der Waals surface area contributed by atoms with E-state index < -0.39 is 37.9 Å². The van der Waals surface area contributed by atoms with Gasteiger partial charge < -0.3 is 9.47 Å². The summed E-state index contributed by atoms with van der Waals surface area (Å²) in [5.41, 5.74) is 0.901. The highest BCUT2D eigenvalue weighted by molar-refractivity contribution is 7.92. The fourth-order valence-electron chi connectivity index (χ4n) is 5.17. The van der Waals surface area contributed by atoms with E-state index >= 15 is 8.78 Å². The van der Waals surface area contributed by atoms with E-state index in [1.807, 2.05) is 50.4 Å². The molecule has 1 fully saturated rings. The topological polar surface area (TPSA) is 108 Å². The predicted octanol–water partition coefficient (Wildman–Crippen LogP) is 4.98. The van der Waals surface area contributed by atoms with E-state index in [0.29, 0.717) is 25.5 Å². The number of hydrogen-bond acceptors (Lipinski definition) is 7. The minimum Gasteiger partial charge on any atom is -0.484 e. The van der Waals surface area contributed by atoms with Crippen LogP contribution in [0.1, 0.15) is 43.4 Å². The molecular formula is C28H29F2N5O4S. The Morgan fingerprint density at radius 2 is 1.88 bits per heavy atom. The van der Waals surface area contributed by atoms with Crippen LogP contribution in [-0.4, -0.2) is 39.9 Å². The predicted molar refractivity (Wildman–Crippen MR) is 143 cm³/mol. The zero-order valence-electron chi connectivity index (χ0n) is 22.0. The molecule has 0 bridgehead atoms. The molecule has 1 aliphatic carbocycles. The lowest BCUT2D eigenvalue weighted by molar-refractivity contribution is -0.0691. The van der Waals surface area contributed by atoms with Crippen LogP contribution in [0.5, 0.6) is 5.75 Å². The van der Waals surface area contributed by atoms with Gasteiger partial charge in [-0.05, 0) is 37.5 Å². The third kappa shape index (κ3) is 5.97. The highest BCUT2D eigenvalue weighted by atomic mass is 32.2. The van der Waals surface area contributed by atoms with Gasteiger partial charge in [0.1, 0.15) is 28.5 Å². The summed E-state index contributed by atoms with van der Waals surface area (Å²) in [6.45, 7) is 2.24. The summed E-state index contributed by atoms with van der Waals surface area (Å²) < 4.78 is 72.4. The third-order valence-corrected chi connectivity index (χ3v) is 8.50. The van der Waals surface area contributed by atoms with E-state index in [1.54, 1.807) is 10.9 Å². The second-order valence-electron chi connectivity index (χ2n) is 9.96. The first-order valence-corrected chi connectivity index (χ1v) is 14.2. The van der Waals surface area contributed by atoms with Crippen molar-refractivity contribution in [3.05, 3.63) is 96.2 Å². The van der Waals surface area contributed by atoms with Gasteiger partial charge in [0.25, 0.3) is 10.0 Å². The van der Waals surface area contributed by atoms with Crippen molar-refractivity contribution in [3.8, 4) is 5.75 Å². The van der Waals surface area contributed by atoms with Crippen molar-refractivity contribution in [1.29, 1.82) is 0 Å². The van der Waals surface area contributed by atoms with Crippen LogP contribution in [0.4, 0.5) is 14.6 Å². The number of sulfonamides is 1. The number of halogens is 2. The van der Waals surface area contributed by atoms with Crippen LogP contribution in [0.15, 0.2) is 78.2 Å². The van der Waals surface area contributed by atoms with Crippen molar-refractivity contribution in [1.82, 2.24) is 19.7 Å². The Balaban J connectivity index is 1.41. The van der Waals surface area contributed by atoms with E-state index in [2.05, 4.69) is 19.8 Å². The lowest BCUT2D eigenvalue weighted by Gasteiger charge is -2.44. The molecule has 5 rings (SSSR count). The van der Waals surface area contributed by atoms with Gasteiger partial charge in [-0.15, -0.1) is 0 Å². The molecular weight excluding hydrogens is 540 g/mol. The summed E-state index contributed by atoms with van der Waals surface area (Å²) in [5.74, 6) is -2.85. The van der Waals surface area contributed by atoms with Gasteiger partial charge in [0.2, 0.25) is 0 Å². The van der Waals surface area contributed by atoms with Crippen LogP contribution < -0.4 is 9.46 Å². The summed E-state index contributed by atoms with van der Waals surface area (Å²) in [7, 11) is -2.65. The lowest BCUT2D eigenvalue weighted by atomic mass is 9.73. The van der Waals surface area contributed by atoms with Crippen LogP contribution in [0.3, 0.4) is 0 Å². The number of hydrogen-bond donors (Lipinski definition) is 1. The van der Waals surface area contributed by atoms with Crippen molar-refractivity contribution < 1.29 is 26.7 Å². The molecule has 2 heterocycles. The Bertz CT molecular complexity index is 1570. The van der Waals surface area contributed by atoms with E-state index in [9.17, 15) is 8.42 Å². The first-order chi connectivity index (χ1) is 19.1. The standard InChI is InChI=1S/C28H29F2N5O4S/c1-28(39-25-14-23(30)26(15-22(25)29)40(36,37)34-27-11-12-31-18-32-27)16-20(38-17-19-6-4-3-5-7-19)8-9-21(28)24-10-13-33-35(24)2/h3-7,10-15,18,20-21H,8-9,16-17H2,1-2H3,(H,31,32,34)/t20-,21+,28+/m0/s1. The molecule has 0 amide bonds. The Morgan fingerprint density at radius 1 is 1.07 bits per heavy atom. The fourth-order valence-corrected chi connectivity index (χ4v) is 6.25. The fraction of sp³-hybridized carbons (Fsp3) is 0.321. The van der Waals surface area contributed by atoms with Crippen LogP contribution in [0.2, 0.25) is 0 Å². The van der Waals surface area contributed by atoms with Gasteiger partial charge in [0.05, 0.1) is 12.7 Å². The monoisotopic (exact) mass is 569 g/mol. The molecule has 0 radical (unpaired) electrons. The first kappa shape index (κ1) is 27.7. The normalized spacial score (nSPS) is 21.2. The number of ether oxygens (including phenoxy) is 2. The van der Waals surface area contributed by atoms with E-state index in [0.717, 1.165) is 30.1 Å². The number of rotatable bonds is 9. The van der Waals surface area contributed by atoms with Crippen molar-refractivity contribution in [3.63, 3.8) is 0 Å². The van der Waals surface area contributed by atoms with Crippen molar-refractivity contribution >= 4 is 15.8 Å². The second-order valence-corrected chi connectivity index (χ2v) is 11.6. The molecule has 40 heavy (non-hydrogen) atoms. The summed E-state index contributed by atoms with van der Waals surface area (Å²) in [6.07, 6.45) is 5.73. The van der Waals surface area contributed by atoms with Crippen LogP contribution in [-0.2, 0) is 28.4 Å². The molecule has 0 aliphatic heterocycles. The van der Waals surface area contributed by atoms with E-state index in [-0.39, 0.29) is 17.8 Å². The van der Waals surface area contributed by atoms with Gasteiger partial charge in [-0.2, -0.15) is 5.10 Å². The van der Waals surface area contributed by atoms with E-state index in [1.165, 1.54) is 12.3 Å².